The lowest BCUT2D eigenvalue weighted by molar-refractivity contribution is -0.0223. The van der Waals surface area contributed by atoms with E-state index in [1.54, 1.807) is 0 Å². The summed E-state index contributed by atoms with van der Waals surface area (Å²) < 4.78 is 5.73. The molecule has 2 aliphatic rings. The summed E-state index contributed by atoms with van der Waals surface area (Å²) in [5.74, 6) is 0.559. The Morgan fingerprint density at radius 3 is 2.64 bits per heavy atom. The molecule has 25 heavy (non-hydrogen) atoms. The molecule has 0 unspecified atom stereocenters. The minimum Gasteiger partial charge on any atom is -0.444 e. The molecule has 0 radical (unpaired) electrons. The fraction of sp³-hybridized carbons (Fsp3) is 0.667. The molecule has 138 valence electrons. The zero-order chi connectivity index (χ0) is 18.2. The summed E-state index contributed by atoms with van der Waals surface area (Å²) in [5, 5.41) is 0. The Kier molecular flexibility index (Phi) is 5.10. The molecule has 4 heteroatoms. The molecule has 3 rings (SSSR count). The first kappa shape index (κ1) is 18.2. The highest BCUT2D eigenvalue weighted by Crippen LogP contribution is 2.35. The summed E-state index contributed by atoms with van der Waals surface area (Å²) in [6.45, 7) is 13.0. The summed E-state index contributed by atoms with van der Waals surface area (Å²) in [4.78, 5) is 17.4. The predicted molar refractivity (Wildman–Crippen MR) is 101 cm³/mol. The second kappa shape index (κ2) is 6.99. The largest absolute Gasteiger partial charge is 0.444 e. The molecular weight excluding hydrogens is 312 g/mol. The monoisotopic (exact) mass is 344 g/mol. The molecule has 0 saturated carbocycles. The fourth-order valence-electron chi connectivity index (χ4n) is 4.13. The van der Waals surface area contributed by atoms with Crippen LogP contribution in [0.25, 0.3) is 0 Å². The number of fused-ring (bicyclic) bond motifs is 3. The van der Waals surface area contributed by atoms with Crippen molar-refractivity contribution in [2.75, 3.05) is 19.6 Å². The Bertz CT molecular complexity index is 621. The first-order valence-corrected chi connectivity index (χ1v) is 9.56. The van der Waals surface area contributed by atoms with Crippen LogP contribution in [-0.4, -0.2) is 47.2 Å². The van der Waals surface area contributed by atoms with Gasteiger partial charge in [0.2, 0.25) is 0 Å². The van der Waals surface area contributed by atoms with Gasteiger partial charge >= 0.3 is 6.09 Å². The van der Waals surface area contributed by atoms with Gasteiger partial charge in [-0.2, -0.15) is 0 Å². The van der Waals surface area contributed by atoms with Crippen LogP contribution in [0.4, 0.5) is 4.79 Å². The lowest BCUT2D eigenvalue weighted by Crippen LogP contribution is -2.58. The van der Waals surface area contributed by atoms with Crippen LogP contribution in [0.3, 0.4) is 0 Å². The third-order valence-corrected chi connectivity index (χ3v) is 5.15. The number of nitrogens with zero attached hydrogens (tertiary/aromatic N) is 2. The Balaban J connectivity index is 1.85. The number of piperazine rings is 1. The molecule has 0 bridgehead atoms. The first-order valence-electron chi connectivity index (χ1n) is 9.56. The van der Waals surface area contributed by atoms with Gasteiger partial charge in [0.1, 0.15) is 5.60 Å². The van der Waals surface area contributed by atoms with Gasteiger partial charge in [-0.05, 0) is 50.7 Å². The van der Waals surface area contributed by atoms with Crippen molar-refractivity contribution in [3.63, 3.8) is 0 Å². The highest BCUT2D eigenvalue weighted by atomic mass is 16.6. The fourth-order valence-corrected chi connectivity index (χ4v) is 4.13. The molecule has 0 aromatic heterocycles. The smallest absolute Gasteiger partial charge is 0.410 e. The molecular formula is C21H32N2O2. The van der Waals surface area contributed by atoms with E-state index in [2.05, 4.69) is 43.0 Å². The number of carbonyl (C=O) groups excluding carboxylic acids is 1. The van der Waals surface area contributed by atoms with Crippen molar-refractivity contribution in [1.82, 2.24) is 9.80 Å². The molecule has 1 aromatic rings. The normalized spacial score (nSPS) is 24.0. The number of amides is 1. The summed E-state index contributed by atoms with van der Waals surface area (Å²) in [6.07, 6.45) is 1.96. The minimum atomic E-state index is -0.457. The summed E-state index contributed by atoms with van der Waals surface area (Å²) in [7, 11) is 0. The molecule has 2 aliphatic heterocycles. The van der Waals surface area contributed by atoms with E-state index in [1.165, 1.54) is 11.1 Å². The maximum absolute atomic E-state index is 12.9. The summed E-state index contributed by atoms with van der Waals surface area (Å²) in [5.41, 5.74) is 2.35. The highest BCUT2D eigenvalue weighted by molar-refractivity contribution is 5.69. The molecule has 0 aliphatic carbocycles. The zero-order valence-electron chi connectivity index (χ0n) is 16.3. The van der Waals surface area contributed by atoms with Crippen LogP contribution in [0.15, 0.2) is 24.3 Å². The van der Waals surface area contributed by atoms with Crippen molar-refractivity contribution in [2.45, 2.75) is 65.1 Å². The Hall–Kier alpha value is -1.55. The molecule has 1 fully saturated rings. The van der Waals surface area contributed by atoms with E-state index in [0.29, 0.717) is 12.0 Å². The SMILES string of the molecule is CC(C)C[C@H]1CN2CCc3ccccc3[C@@H]2CN1C(=O)OC(C)(C)C. The van der Waals surface area contributed by atoms with Crippen molar-refractivity contribution in [1.29, 1.82) is 0 Å². The molecule has 2 atom stereocenters. The van der Waals surface area contributed by atoms with Crippen molar-refractivity contribution in [3.05, 3.63) is 35.4 Å². The van der Waals surface area contributed by atoms with E-state index in [9.17, 15) is 4.79 Å². The average molecular weight is 344 g/mol. The number of benzene rings is 1. The van der Waals surface area contributed by atoms with Crippen LogP contribution >= 0.6 is 0 Å². The predicted octanol–water partition coefficient (Wildman–Crippen LogP) is 4.25. The topological polar surface area (TPSA) is 32.8 Å². The van der Waals surface area contributed by atoms with E-state index in [4.69, 9.17) is 4.74 Å². The quantitative estimate of drug-likeness (QED) is 0.804. The maximum Gasteiger partial charge on any atom is 0.410 e. The van der Waals surface area contributed by atoms with Gasteiger partial charge in [-0.25, -0.2) is 4.79 Å². The van der Waals surface area contributed by atoms with E-state index < -0.39 is 5.60 Å². The third kappa shape index (κ3) is 4.17. The van der Waals surface area contributed by atoms with Crippen molar-refractivity contribution < 1.29 is 9.53 Å². The van der Waals surface area contributed by atoms with Gasteiger partial charge < -0.3 is 9.64 Å². The van der Waals surface area contributed by atoms with E-state index >= 15 is 0 Å². The van der Waals surface area contributed by atoms with Gasteiger partial charge in [-0.1, -0.05) is 38.1 Å². The van der Waals surface area contributed by atoms with Gasteiger partial charge in [0, 0.05) is 25.7 Å². The second-order valence-electron chi connectivity index (χ2n) is 8.88. The van der Waals surface area contributed by atoms with Crippen LogP contribution in [0.2, 0.25) is 0 Å². The molecule has 2 heterocycles. The summed E-state index contributed by atoms with van der Waals surface area (Å²) >= 11 is 0. The van der Waals surface area contributed by atoms with Crippen molar-refractivity contribution in [2.24, 2.45) is 5.92 Å². The molecule has 4 nitrogen and oxygen atoms in total. The Labute approximate surface area is 152 Å². The Morgan fingerprint density at radius 1 is 1.24 bits per heavy atom. The lowest BCUT2D eigenvalue weighted by Gasteiger charge is -2.49. The number of rotatable bonds is 2. The Morgan fingerprint density at radius 2 is 1.96 bits per heavy atom. The van der Waals surface area contributed by atoms with Gasteiger partial charge in [0.15, 0.2) is 0 Å². The van der Waals surface area contributed by atoms with E-state index in [-0.39, 0.29) is 12.1 Å². The molecule has 0 N–H and O–H groups in total. The van der Waals surface area contributed by atoms with Gasteiger partial charge in [-0.3, -0.25) is 4.90 Å². The number of ether oxygens (including phenoxy) is 1. The molecule has 1 aromatic carbocycles. The standard InChI is InChI=1S/C21H32N2O2/c1-15(2)12-17-13-22-11-10-16-8-6-7-9-18(16)19(22)14-23(17)20(24)25-21(3,4)5/h6-9,15,17,19H,10-14H2,1-5H3/t17-,19-/m0/s1. The minimum absolute atomic E-state index is 0.166. The van der Waals surface area contributed by atoms with Crippen LogP contribution < -0.4 is 0 Å². The second-order valence-corrected chi connectivity index (χ2v) is 8.88. The zero-order valence-corrected chi connectivity index (χ0v) is 16.3. The number of carbonyl (C=O) groups is 1. The van der Waals surface area contributed by atoms with Gasteiger partial charge in [0.25, 0.3) is 0 Å². The van der Waals surface area contributed by atoms with Crippen LogP contribution in [0.5, 0.6) is 0 Å². The van der Waals surface area contributed by atoms with Crippen molar-refractivity contribution in [3.8, 4) is 0 Å². The summed E-state index contributed by atoms with van der Waals surface area (Å²) in [6, 6.07) is 9.20. The lowest BCUT2D eigenvalue weighted by atomic mass is 9.88. The van der Waals surface area contributed by atoms with Gasteiger partial charge in [-0.15, -0.1) is 0 Å². The molecule has 0 spiro atoms. The highest BCUT2D eigenvalue weighted by Gasteiger charge is 2.40. The van der Waals surface area contributed by atoms with Crippen molar-refractivity contribution >= 4 is 6.09 Å². The van der Waals surface area contributed by atoms with E-state index in [1.807, 2.05) is 25.7 Å². The maximum atomic E-state index is 12.9. The van der Waals surface area contributed by atoms with Gasteiger partial charge in [0.05, 0.1) is 6.04 Å². The third-order valence-electron chi connectivity index (χ3n) is 5.15. The van der Waals surface area contributed by atoms with Crippen LogP contribution in [-0.2, 0) is 11.2 Å². The first-order chi connectivity index (χ1) is 11.7. The van der Waals surface area contributed by atoms with Crippen LogP contribution in [0.1, 0.15) is 58.2 Å². The molecule has 1 saturated heterocycles. The molecule has 1 amide bonds. The number of hydrogen-bond donors (Lipinski definition) is 0. The van der Waals surface area contributed by atoms with Crippen LogP contribution in [0, 0.1) is 5.92 Å². The average Bonchev–Trinajstić information content (AvgIpc) is 2.51. The number of hydrogen-bond acceptors (Lipinski definition) is 3. The van der Waals surface area contributed by atoms with E-state index in [0.717, 1.165) is 32.5 Å².